The Hall–Kier alpha value is -2.74. The van der Waals surface area contributed by atoms with Crippen molar-refractivity contribution in [1.29, 1.82) is 5.26 Å². The molecule has 1 atom stereocenters. The van der Waals surface area contributed by atoms with Crippen LogP contribution in [0.3, 0.4) is 0 Å². The third kappa shape index (κ3) is 2.26. The molecule has 0 saturated heterocycles. The zero-order chi connectivity index (χ0) is 17.5. The number of carbonyl (C=O) groups is 1. The maximum atomic E-state index is 12.2. The minimum absolute atomic E-state index is 0.323. The number of carbonyl (C=O) groups excluding carboxylic acids is 1. The van der Waals surface area contributed by atoms with Crippen LogP contribution in [-0.4, -0.2) is 40.8 Å². The molecular weight excluding hydrogens is 302 g/mol. The molecule has 0 aliphatic carbocycles. The Kier molecular flexibility index (Phi) is 3.84. The molecule has 0 aromatic heterocycles. The van der Waals surface area contributed by atoms with Gasteiger partial charge in [-0.15, -0.1) is 0 Å². The van der Waals surface area contributed by atoms with Gasteiger partial charge in [0.2, 0.25) is 0 Å². The lowest BCUT2D eigenvalue weighted by Gasteiger charge is -2.38. The van der Waals surface area contributed by atoms with Crippen LogP contribution in [-0.2, 0) is 16.0 Å². The van der Waals surface area contributed by atoms with Gasteiger partial charge in [-0.3, -0.25) is 4.79 Å². The summed E-state index contributed by atoms with van der Waals surface area (Å²) in [6.07, 6.45) is 0.369. The molecule has 1 aliphatic heterocycles. The number of methoxy groups -OCH3 is 1. The maximum absolute atomic E-state index is 12.2. The van der Waals surface area contributed by atoms with E-state index in [1.165, 1.54) is 7.11 Å². The van der Waals surface area contributed by atoms with Crippen molar-refractivity contribution in [1.82, 2.24) is 0 Å². The number of benzene rings is 2. The molecule has 3 rings (SSSR count). The molecule has 24 heavy (non-hydrogen) atoms. The Bertz CT molecular complexity index is 854. The first-order valence-electron chi connectivity index (χ1n) is 7.86. The van der Waals surface area contributed by atoms with Gasteiger partial charge in [0.05, 0.1) is 13.2 Å². The van der Waals surface area contributed by atoms with Crippen LogP contribution >= 0.6 is 0 Å². The van der Waals surface area contributed by atoms with Crippen molar-refractivity contribution in [3.63, 3.8) is 0 Å². The molecule has 0 amide bonds. The highest BCUT2D eigenvalue weighted by molar-refractivity contribution is 6.05. The highest BCUT2D eigenvalue weighted by Crippen LogP contribution is 2.43. The average molecular weight is 323 g/mol. The normalized spacial score (nSPS) is 19.5. The predicted molar refractivity (Wildman–Crippen MR) is 95.3 cm³/mol. The van der Waals surface area contributed by atoms with Crippen molar-refractivity contribution in [3.05, 3.63) is 35.9 Å². The summed E-state index contributed by atoms with van der Waals surface area (Å²) in [4.78, 5) is 16.3. The van der Waals surface area contributed by atoms with Gasteiger partial charge < -0.3 is 14.5 Å². The van der Waals surface area contributed by atoms with E-state index in [0.717, 1.165) is 27.7 Å². The van der Waals surface area contributed by atoms with E-state index in [1.807, 2.05) is 38.2 Å². The number of hydrogen-bond acceptors (Lipinski definition) is 5. The fourth-order valence-electron chi connectivity index (χ4n) is 3.65. The number of anilines is 2. The van der Waals surface area contributed by atoms with Crippen LogP contribution in [0.25, 0.3) is 10.8 Å². The van der Waals surface area contributed by atoms with E-state index in [4.69, 9.17) is 4.74 Å². The summed E-state index contributed by atoms with van der Waals surface area (Å²) >= 11 is 0. The number of rotatable bonds is 2. The number of nitriles is 1. The predicted octanol–water partition coefficient (Wildman–Crippen LogP) is 2.58. The third-order valence-corrected chi connectivity index (χ3v) is 4.73. The molecule has 0 fully saturated rings. The first-order valence-corrected chi connectivity index (χ1v) is 7.86. The van der Waals surface area contributed by atoms with Gasteiger partial charge in [-0.1, -0.05) is 24.3 Å². The Morgan fingerprint density at radius 3 is 2.71 bits per heavy atom. The van der Waals surface area contributed by atoms with Crippen LogP contribution in [0.5, 0.6) is 0 Å². The number of ether oxygens (including phenoxy) is 1. The molecule has 1 aliphatic rings. The fraction of sp³-hybridized carbons (Fsp3) is 0.368. The van der Waals surface area contributed by atoms with E-state index in [0.29, 0.717) is 13.0 Å². The standard InChI is InChI=1S/C19H21N3O2/c1-21(2)15-7-5-6-13-8-9-14-10-19(11-20,18(23)24-4)12-22(3)17(14)16(13)15/h5-9H,10,12H2,1-4H3. The molecule has 1 heterocycles. The zero-order valence-corrected chi connectivity index (χ0v) is 14.5. The molecule has 5 heteroatoms. The highest BCUT2D eigenvalue weighted by Gasteiger charge is 2.45. The molecule has 0 bridgehead atoms. The second-order valence-electron chi connectivity index (χ2n) is 6.56. The summed E-state index contributed by atoms with van der Waals surface area (Å²) in [6, 6.07) is 12.5. The first kappa shape index (κ1) is 16.1. The SMILES string of the molecule is COC(=O)C1(C#N)Cc2ccc3cccc(N(C)C)c3c2N(C)C1. The van der Waals surface area contributed by atoms with Crippen LogP contribution in [0, 0.1) is 16.7 Å². The molecular formula is C19H21N3O2. The van der Waals surface area contributed by atoms with Gasteiger partial charge in [-0.2, -0.15) is 5.26 Å². The molecule has 2 aromatic rings. The minimum Gasteiger partial charge on any atom is -0.468 e. The highest BCUT2D eigenvalue weighted by atomic mass is 16.5. The lowest BCUT2D eigenvalue weighted by atomic mass is 9.78. The van der Waals surface area contributed by atoms with Gasteiger partial charge in [-0.25, -0.2) is 0 Å². The second kappa shape index (κ2) is 5.72. The molecule has 0 N–H and O–H groups in total. The Labute approximate surface area is 142 Å². The summed E-state index contributed by atoms with van der Waals surface area (Å²) in [5.74, 6) is -0.469. The van der Waals surface area contributed by atoms with Crippen molar-refractivity contribution >= 4 is 28.1 Å². The van der Waals surface area contributed by atoms with Gasteiger partial charge >= 0.3 is 5.97 Å². The van der Waals surface area contributed by atoms with Crippen molar-refractivity contribution < 1.29 is 9.53 Å². The Balaban J connectivity index is 2.26. The van der Waals surface area contributed by atoms with Crippen LogP contribution < -0.4 is 9.80 Å². The van der Waals surface area contributed by atoms with Crippen LogP contribution in [0.4, 0.5) is 11.4 Å². The van der Waals surface area contributed by atoms with E-state index in [-0.39, 0.29) is 0 Å². The monoisotopic (exact) mass is 323 g/mol. The van der Waals surface area contributed by atoms with Gasteiger partial charge in [0.15, 0.2) is 5.41 Å². The smallest absolute Gasteiger partial charge is 0.328 e. The molecule has 0 radical (unpaired) electrons. The Morgan fingerprint density at radius 2 is 2.08 bits per heavy atom. The average Bonchev–Trinajstić information content (AvgIpc) is 2.59. The fourth-order valence-corrected chi connectivity index (χ4v) is 3.65. The van der Waals surface area contributed by atoms with Crippen LogP contribution in [0.2, 0.25) is 0 Å². The maximum Gasteiger partial charge on any atom is 0.328 e. The minimum atomic E-state index is -1.16. The largest absolute Gasteiger partial charge is 0.468 e. The van der Waals surface area contributed by atoms with Gasteiger partial charge in [0.1, 0.15) is 0 Å². The molecule has 0 spiro atoms. The summed E-state index contributed by atoms with van der Waals surface area (Å²) in [5, 5.41) is 12.0. The first-order chi connectivity index (χ1) is 11.4. The van der Waals surface area contributed by atoms with E-state index in [1.54, 1.807) is 0 Å². The van der Waals surface area contributed by atoms with Crippen LogP contribution in [0.15, 0.2) is 30.3 Å². The summed E-state index contributed by atoms with van der Waals surface area (Å²) in [7, 11) is 7.30. The number of esters is 1. The summed E-state index contributed by atoms with van der Waals surface area (Å²) in [5.41, 5.74) is 2.06. The molecule has 5 nitrogen and oxygen atoms in total. The lowest BCUT2D eigenvalue weighted by molar-refractivity contribution is -0.149. The van der Waals surface area contributed by atoms with Crippen LogP contribution in [0.1, 0.15) is 5.56 Å². The number of fused-ring (bicyclic) bond motifs is 3. The number of nitrogens with zero attached hydrogens (tertiary/aromatic N) is 3. The van der Waals surface area contributed by atoms with Gasteiger partial charge in [0, 0.05) is 50.9 Å². The van der Waals surface area contributed by atoms with Crippen molar-refractivity contribution in [2.75, 3.05) is 44.6 Å². The van der Waals surface area contributed by atoms with E-state index in [2.05, 4.69) is 29.2 Å². The van der Waals surface area contributed by atoms with E-state index < -0.39 is 11.4 Å². The molecule has 2 aromatic carbocycles. The number of hydrogen-bond donors (Lipinski definition) is 0. The van der Waals surface area contributed by atoms with Crippen molar-refractivity contribution in [2.45, 2.75) is 6.42 Å². The zero-order valence-electron chi connectivity index (χ0n) is 14.5. The molecule has 124 valence electrons. The quantitative estimate of drug-likeness (QED) is 0.795. The molecule has 1 unspecified atom stereocenters. The van der Waals surface area contributed by atoms with Crippen molar-refractivity contribution in [3.8, 4) is 6.07 Å². The van der Waals surface area contributed by atoms with E-state index >= 15 is 0 Å². The molecule has 0 saturated carbocycles. The topological polar surface area (TPSA) is 56.6 Å². The second-order valence-corrected chi connectivity index (χ2v) is 6.56. The summed E-state index contributed by atoms with van der Waals surface area (Å²) in [6.45, 7) is 0.323. The third-order valence-electron chi connectivity index (χ3n) is 4.73. The van der Waals surface area contributed by atoms with Crippen molar-refractivity contribution in [2.24, 2.45) is 5.41 Å². The van der Waals surface area contributed by atoms with E-state index in [9.17, 15) is 10.1 Å². The Morgan fingerprint density at radius 1 is 1.33 bits per heavy atom. The summed E-state index contributed by atoms with van der Waals surface area (Å²) < 4.78 is 4.90. The van der Waals surface area contributed by atoms with Gasteiger partial charge in [-0.05, 0) is 17.0 Å². The lowest BCUT2D eigenvalue weighted by Crippen LogP contribution is -2.47. The van der Waals surface area contributed by atoms with Gasteiger partial charge in [0.25, 0.3) is 0 Å².